The van der Waals surface area contributed by atoms with E-state index in [4.69, 9.17) is 18.9 Å². The normalized spacial score (nSPS) is 15.1. The van der Waals surface area contributed by atoms with Gasteiger partial charge in [-0.3, -0.25) is 0 Å². The maximum atomic E-state index is 12.4. The molecule has 6 nitrogen and oxygen atoms in total. The van der Waals surface area contributed by atoms with E-state index in [0.717, 1.165) is 50.9 Å². The van der Waals surface area contributed by atoms with Crippen molar-refractivity contribution < 1.29 is 29.2 Å². The van der Waals surface area contributed by atoms with E-state index in [1.165, 1.54) is 22.3 Å². The Morgan fingerprint density at radius 1 is 0.484 bits per heavy atom. The van der Waals surface area contributed by atoms with E-state index in [-0.39, 0.29) is 33.2 Å². The highest BCUT2D eigenvalue weighted by Gasteiger charge is 2.35. The van der Waals surface area contributed by atoms with Crippen LogP contribution in [0.1, 0.15) is 115 Å². The van der Waals surface area contributed by atoms with Crippen molar-refractivity contribution in [3.63, 3.8) is 0 Å². The fraction of sp³-hybridized carbons (Fsp3) is 0.379. The summed E-state index contributed by atoms with van der Waals surface area (Å²) in [6, 6.07) is 33.4. The van der Waals surface area contributed by atoms with Crippen molar-refractivity contribution in [1.29, 1.82) is 0 Å². The quantitative estimate of drug-likeness (QED) is 0.181. The summed E-state index contributed by atoms with van der Waals surface area (Å²) in [5.41, 5.74) is 12.2. The molecule has 0 saturated carbocycles. The van der Waals surface area contributed by atoms with Crippen LogP contribution < -0.4 is 18.9 Å². The summed E-state index contributed by atoms with van der Waals surface area (Å²) in [6.45, 7) is 27.7. The molecular formula is C58H68O6. The second-order valence-electron chi connectivity index (χ2n) is 21.2. The zero-order valence-corrected chi connectivity index (χ0v) is 40.6. The third kappa shape index (κ3) is 9.48. The summed E-state index contributed by atoms with van der Waals surface area (Å²) in [4.78, 5) is 0. The molecule has 0 spiro atoms. The maximum Gasteiger partial charge on any atom is 0.131 e. The molecule has 6 heteroatoms. The molecule has 1 aliphatic heterocycles. The Labute approximate surface area is 382 Å². The SMILES string of the molecule is COc1ccc2c(c1)-c1cc(C)cc(c1O)-c1cc(C(C)(C)C)cc(c1)C(C)(C)CC(C)(C)c1cc(cc(C(C)(C)C)c1)-c1cc(C)cc(c1O)-c1cc(OC)ccc1OCCCO2. The number of hydrogen-bond donors (Lipinski definition) is 2. The predicted molar refractivity (Wildman–Crippen MR) is 264 cm³/mol. The Morgan fingerprint density at radius 2 is 0.859 bits per heavy atom. The number of ether oxygens (including phenoxy) is 4. The molecule has 0 atom stereocenters. The molecule has 2 N–H and O–H groups in total. The Balaban J connectivity index is 1.48. The van der Waals surface area contributed by atoms with Crippen molar-refractivity contribution in [3.05, 3.63) is 130 Å². The monoisotopic (exact) mass is 861 g/mol. The van der Waals surface area contributed by atoms with Crippen LogP contribution in [0, 0.1) is 13.8 Å². The molecule has 1 heterocycles. The molecule has 6 aromatic carbocycles. The Morgan fingerprint density at radius 3 is 1.22 bits per heavy atom. The van der Waals surface area contributed by atoms with Crippen molar-refractivity contribution in [3.8, 4) is 79.0 Å². The predicted octanol–water partition coefficient (Wildman–Crippen LogP) is 14.8. The molecule has 0 saturated heterocycles. The minimum atomic E-state index is -0.303. The lowest BCUT2D eigenvalue weighted by molar-refractivity contribution is 0.248. The number of rotatable bonds is 2. The third-order valence-corrected chi connectivity index (χ3v) is 12.9. The highest BCUT2D eigenvalue weighted by atomic mass is 16.5. The van der Waals surface area contributed by atoms with Crippen LogP contribution >= 0.6 is 0 Å². The van der Waals surface area contributed by atoms with Crippen LogP contribution in [0.3, 0.4) is 0 Å². The highest BCUT2D eigenvalue weighted by Crippen LogP contribution is 2.49. The van der Waals surface area contributed by atoms with Gasteiger partial charge in [0.25, 0.3) is 0 Å². The van der Waals surface area contributed by atoms with Gasteiger partial charge in [0.05, 0.1) is 27.4 Å². The second kappa shape index (κ2) is 17.3. The largest absolute Gasteiger partial charge is 0.507 e. The van der Waals surface area contributed by atoms with Crippen molar-refractivity contribution >= 4 is 0 Å². The first-order valence-corrected chi connectivity index (χ1v) is 22.6. The van der Waals surface area contributed by atoms with Gasteiger partial charge in [-0.2, -0.15) is 0 Å². The number of phenols is 2. The average molecular weight is 861 g/mol. The van der Waals surface area contributed by atoms with E-state index in [0.29, 0.717) is 53.8 Å². The third-order valence-electron chi connectivity index (χ3n) is 12.9. The first-order valence-electron chi connectivity index (χ1n) is 22.6. The molecule has 64 heavy (non-hydrogen) atoms. The summed E-state index contributed by atoms with van der Waals surface area (Å²) in [6.07, 6.45) is 1.40. The van der Waals surface area contributed by atoms with E-state index in [1.807, 2.05) is 48.5 Å². The molecule has 0 aromatic heterocycles. The molecule has 7 rings (SSSR count). The molecular weight excluding hydrogens is 793 g/mol. The zero-order chi connectivity index (χ0) is 46.5. The summed E-state index contributed by atoms with van der Waals surface area (Å²) in [5.74, 6) is 2.98. The summed E-state index contributed by atoms with van der Waals surface area (Å²) in [7, 11) is 3.30. The van der Waals surface area contributed by atoms with Gasteiger partial charge in [-0.05, 0) is 147 Å². The van der Waals surface area contributed by atoms with E-state index in [2.05, 4.69) is 132 Å². The molecule has 8 bridgehead atoms. The molecule has 1 aliphatic rings. The molecule has 0 aliphatic carbocycles. The Kier molecular flexibility index (Phi) is 12.4. The molecule has 0 radical (unpaired) electrons. The minimum absolute atomic E-state index is 0.158. The van der Waals surface area contributed by atoms with Gasteiger partial charge in [0.2, 0.25) is 0 Å². The zero-order valence-electron chi connectivity index (χ0n) is 40.6. The van der Waals surface area contributed by atoms with Crippen LogP contribution in [-0.4, -0.2) is 37.6 Å². The topological polar surface area (TPSA) is 77.4 Å². The van der Waals surface area contributed by atoms with Crippen LogP contribution in [0.4, 0.5) is 0 Å². The number of benzene rings is 6. The van der Waals surface area contributed by atoms with E-state index < -0.39 is 0 Å². The molecule has 336 valence electrons. The first-order chi connectivity index (χ1) is 30.0. The van der Waals surface area contributed by atoms with Gasteiger partial charge in [-0.1, -0.05) is 106 Å². The number of aromatic hydroxyl groups is 2. The molecule has 6 aromatic rings. The Hall–Kier alpha value is -5.88. The van der Waals surface area contributed by atoms with Crippen molar-refractivity contribution in [1.82, 2.24) is 0 Å². The van der Waals surface area contributed by atoms with E-state index >= 15 is 0 Å². The first kappa shape index (κ1) is 46.1. The average Bonchev–Trinajstić information content (AvgIpc) is 3.23. The van der Waals surface area contributed by atoms with Crippen molar-refractivity contribution in [2.24, 2.45) is 0 Å². The second-order valence-corrected chi connectivity index (χ2v) is 21.2. The van der Waals surface area contributed by atoms with Gasteiger partial charge in [0.15, 0.2) is 0 Å². The lowest BCUT2D eigenvalue weighted by Gasteiger charge is -2.38. The summed E-state index contributed by atoms with van der Waals surface area (Å²) < 4.78 is 24.4. The molecule has 0 fully saturated rings. The highest BCUT2D eigenvalue weighted by molar-refractivity contribution is 5.87. The van der Waals surface area contributed by atoms with Gasteiger partial charge >= 0.3 is 0 Å². The van der Waals surface area contributed by atoms with Crippen LogP contribution in [0.15, 0.2) is 97.1 Å². The van der Waals surface area contributed by atoms with Gasteiger partial charge in [0.1, 0.15) is 34.5 Å². The molecule has 0 unspecified atom stereocenters. The fourth-order valence-electron chi connectivity index (χ4n) is 9.30. The number of phenolic OH excluding ortho intramolecular Hbond substituents is 2. The van der Waals surface area contributed by atoms with Crippen molar-refractivity contribution in [2.45, 2.75) is 118 Å². The number of methoxy groups -OCH3 is 2. The van der Waals surface area contributed by atoms with Crippen LogP contribution in [0.5, 0.6) is 34.5 Å². The standard InChI is InChI=1S/C58H68O6/c1-35-22-45-37-26-39(55(3,4)5)30-41(28-37)57(9,10)34-58(11,12)42-29-38(27-40(31-42)56(6,7)8)46-23-36(2)25-50(54(46)60)48-33-44(62-14)17-19-52(48)64-21-15-20-63-51-18-16-43(61-13)32-47(51)49(24-35)53(45)59/h16-19,22-33,59-60H,15,20-21,34H2,1-14H3. The van der Waals surface area contributed by atoms with E-state index in [9.17, 15) is 10.2 Å². The van der Waals surface area contributed by atoms with Gasteiger partial charge in [-0.25, -0.2) is 0 Å². The van der Waals surface area contributed by atoms with E-state index in [1.54, 1.807) is 14.2 Å². The lowest BCUT2D eigenvalue weighted by Crippen LogP contribution is -2.30. The number of aryl methyl sites for hydroxylation is 2. The van der Waals surface area contributed by atoms with Crippen LogP contribution in [0.25, 0.3) is 44.5 Å². The maximum absolute atomic E-state index is 12.4. The summed E-state index contributed by atoms with van der Waals surface area (Å²) in [5, 5.41) is 24.8. The number of fused-ring (bicyclic) bond motifs is 14. The smallest absolute Gasteiger partial charge is 0.131 e. The fourth-order valence-corrected chi connectivity index (χ4v) is 9.30. The van der Waals surface area contributed by atoms with Crippen molar-refractivity contribution in [2.75, 3.05) is 27.4 Å². The number of hydrogen-bond acceptors (Lipinski definition) is 6. The van der Waals surface area contributed by atoms with Crippen LogP contribution in [0.2, 0.25) is 0 Å². The lowest BCUT2D eigenvalue weighted by atomic mass is 9.66. The molecule has 0 amide bonds. The Bertz CT molecular complexity index is 2520. The van der Waals surface area contributed by atoms with Gasteiger partial charge in [0, 0.05) is 39.8 Å². The van der Waals surface area contributed by atoms with Crippen LogP contribution in [-0.2, 0) is 21.7 Å². The summed E-state index contributed by atoms with van der Waals surface area (Å²) >= 11 is 0. The minimum Gasteiger partial charge on any atom is -0.507 e. The van der Waals surface area contributed by atoms with Gasteiger partial charge in [-0.15, -0.1) is 0 Å². The van der Waals surface area contributed by atoms with Gasteiger partial charge < -0.3 is 29.2 Å².